The van der Waals surface area contributed by atoms with Crippen LogP contribution in [0.4, 0.5) is 4.39 Å². The van der Waals surface area contributed by atoms with E-state index in [0.717, 1.165) is 5.56 Å². The number of aliphatic carboxylic acids is 1. The van der Waals surface area contributed by atoms with Gasteiger partial charge in [0, 0.05) is 18.0 Å². The second-order valence-electron chi connectivity index (χ2n) is 4.02. The van der Waals surface area contributed by atoms with Gasteiger partial charge >= 0.3 is 5.97 Å². The molecule has 1 atom stereocenters. The molecule has 0 radical (unpaired) electrons. The summed E-state index contributed by atoms with van der Waals surface area (Å²) in [5.41, 5.74) is 7.65. The topological polar surface area (TPSA) is 63.3 Å². The Bertz CT molecular complexity index is 404. The van der Waals surface area contributed by atoms with Crippen LogP contribution in [0.15, 0.2) is 12.1 Å². The highest BCUT2D eigenvalue weighted by Gasteiger charge is 2.14. The quantitative estimate of drug-likeness (QED) is 0.826. The third-order valence-corrected chi connectivity index (χ3v) is 2.50. The van der Waals surface area contributed by atoms with Crippen molar-refractivity contribution in [3.63, 3.8) is 0 Å². The lowest BCUT2D eigenvalue weighted by Gasteiger charge is -2.14. The molecule has 0 bridgehead atoms. The lowest BCUT2D eigenvalue weighted by Crippen LogP contribution is -2.14. The Kier molecular flexibility index (Phi) is 4.01. The maximum absolute atomic E-state index is 13.7. The Morgan fingerprint density at radius 1 is 1.50 bits per heavy atom. The van der Waals surface area contributed by atoms with Gasteiger partial charge in [-0.2, -0.15) is 0 Å². The fourth-order valence-corrected chi connectivity index (χ4v) is 1.69. The number of nitrogens with two attached hydrogens (primary N) is 1. The summed E-state index contributed by atoms with van der Waals surface area (Å²) in [5.74, 6) is -1.25. The number of hydrogen-bond acceptors (Lipinski definition) is 2. The van der Waals surface area contributed by atoms with Crippen LogP contribution in [0, 0.1) is 19.7 Å². The standard InChI is InChI=1S/C12H16FNO2/c1-7-5-8(2)12(13)9(6-7)10(14)3-4-11(15)16/h5-6,10H,3-4,14H2,1-2H3,(H,15,16). The first-order valence-corrected chi connectivity index (χ1v) is 5.16. The van der Waals surface area contributed by atoms with E-state index in [4.69, 9.17) is 10.8 Å². The van der Waals surface area contributed by atoms with Crippen LogP contribution >= 0.6 is 0 Å². The molecule has 0 amide bonds. The number of halogens is 1. The van der Waals surface area contributed by atoms with E-state index in [0.29, 0.717) is 11.1 Å². The molecule has 0 spiro atoms. The Labute approximate surface area is 94.1 Å². The molecule has 0 aromatic heterocycles. The Balaban J connectivity index is 2.90. The first-order valence-electron chi connectivity index (χ1n) is 5.16. The molecule has 0 heterocycles. The first-order chi connectivity index (χ1) is 7.41. The Morgan fingerprint density at radius 3 is 2.69 bits per heavy atom. The summed E-state index contributed by atoms with van der Waals surface area (Å²) < 4.78 is 13.7. The van der Waals surface area contributed by atoms with Gasteiger partial charge in [0.1, 0.15) is 5.82 Å². The summed E-state index contributed by atoms with van der Waals surface area (Å²) >= 11 is 0. The average molecular weight is 225 g/mol. The van der Waals surface area contributed by atoms with Gasteiger partial charge in [-0.3, -0.25) is 4.79 Å². The van der Waals surface area contributed by atoms with Crippen molar-refractivity contribution < 1.29 is 14.3 Å². The predicted molar refractivity (Wildman–Crippen MR) is 59.7 cm³/mol. The third-order valence-electron chi connectivity index (χ3n) is 2.50. The van der Waals surface area contributed by atoms with E-state index in [1.807, 2.05) is 6.92 Å². The van der Waals surface area contributed by atoms with Crippen LogP contribution < -0.4 is 5.73 Å². The number of aryl methyl sites for hydroxylation is 2. The summed E-state index contributed by atoms with van der Waals surface area (Å²) in [6.45, 7) is 3.54. The SMILES string of the molecule is Cc1cc(C)c(F)c(C(N)CCC(=O)O)c1. The maximum atomic E-state index is 13.7. The molecular formula is C12H16FNO2. The molecular weight excluding hydrogens is 209 g/mol. The summed E-state index contributed by atoms with van der Waals surface area (Å²) in [6.07, 6.45) is 0.197. The van der Waals surface area contributed by atoms with E-state index in [-0.39, 0.29) is 18.7 Å². The summed E-state index contributed by atoms with van der Waals surface area (Å²) in [5, 5.41) is 8.54. The third kappa shape index (κ3) is 3.03. The number of carboxylic acids is 1. The van der Waals surface area contributed by atoms with Crippen LogP contribution in [0.3, 0.4) is 0 Å². The lowest BCUT2D eigenvalue weighted by molar-refractivity contribution is -0.137. The molecule has 3 N–H and O–H groups in total. The summed E-state index contributed by atoms with van der Waals surface area (Å²) in [7, 11) is 0. The van der Waals surface area contributed by atoms with Crippen LogP contribution in [-0.2, 0) is 4.79 Å². The molecule has 1 rings (SSSR count). The highest BCUT2D eigenvalue weighted by molar-refractivity contribution is 5.66. The smallest absolute Gasteiger partial charge is 0.303 e. The van der Waals surface area contributed by atoms with Gasteiger partial charge in [0.2, 0.25) is 0 Å². The molecule has 0 saturated carbocycles. The maximum Gasteiger partial charge on any atom is 0.303 e. The summed E-state index contributed by atoms with van der Waals surface area (Å²) in [6, 6.07) is 2.85. The minimum Gasteiger partial charge on any atom is -0.481 e. The van der Waals surface area contributed by atoms with Crippen molar-refractivity contribution in [1.29, 1.82) is 0 Å². The van der Waals surface area contributed by atoms with Gasteiger partial charge in [-0.1, -0.05) is 17.7 Å². The lowest BCUT2D eigenvalue weighted by atomic mass is 9.98. The molecule has 1 aromatic rings. The van der Waals surface area contributed by atoms with Crippen LogP contribution in [0.1, 0.15) is 35.6 Å². The van der Waals surface area contributed by atoms with Crippen LogP contribution in [0.25, 0.3) is 0 Å². The van der Waals surface area contributed by atoms with Gasteiger partial charge < -0.3 is 10.8 Å². The molecule has 1 unspecified atom stereocenters. The molecule has 0 aliphatic carbocycles. The van der Waals surface area contributed by atoms with Gasteiger partial charge in [-0.15, -0.1) is 0 Å². The van der Waals surface area contributed by atoms with Crippen molar-refractivity contribution in [2.45, 2.75) is 32.7 Å². The van der Waals surface area contributed by atoms with Crippen molar-refractivity contribution in [3.05, 3.63) is 34.6 Å². The number of rotatable bonds is 4. The molecule has 0 aliphatic rings. The van der Waals surface area contributed by atoms with Crippen molar-refractivity contribution >= 4 is 5.97 Å². The van der Waals surface area contributed by atoms with Crippen LogP contribution in [0.5, 0.6) is 0 Å². The monoisotopic (exact) mass is 225 g/mol. The van der Waals surface area contributed by atoms with Crippen molar-refractivity contribution in [2.24, 2.45) is 5.73 Å². The Hall–Kier alpha value is -1.42. The number of hydrogen-bond donors (Lipinski definition) is 2. The minimum absolute atomic E-state index is 0.0480. The predicted octanol–water partition coefficient (Wildman–Crippen LogP) is 2.31. The van der Waals surface area contributed by atoms with Crippen molar-refractivity contribution in [3.8, 4) is 0 Å². The van der Waals surface area contributed by atoms with Crippen molar-refractivity contribution in [1.82, 2.24) is 0 Å². The van der Waals surface area contributed by atoms with E-state index >= 15 is 0 Å². The molecule has 1 aromatic carbocycles. The number of carbonyl (C=O) groups is 1. The molecule has 88 valence electrons. The second kappa shape index (κ2) is 5.07. The molecule has 3 nitrogen and oxygen atoms in total. The zero-order valence-corrected chi connectivity index (χ0v) is 9.46. The highest BCUT2D eigenvalue weighted by Crippen LogP contribution is 2.23. The number of carboxylic acid groups (broad SMARTS) is 1. The largest absolute Gasteiger partial charge is 0.481 e. The fourth-order valence-electron chi connectivity index (χ4n) is 1.69. The summed E-state index contributed by atoms with van der Waals surface area (Å²) in [4.78, 5) is 10.4. The van der Waals surface area contributed by atoms with Crippen LogP contribution in [-0.4, -0.2) is 11.1 Å². The molecule has 0 fully saturated rings. The zero-order valence-electron chi connectivity index (χ0n) is 9.46. The highest BCUT2D eigenvalue weighted by atomic mass is 19.1. The van der Waals surface area contributed by atoms with Crippen molar-refractivity contribution in [2.75, 3.05) is 0 Å². The van der Waals surface area contributed by atoms with E-state index in [1.54, 1.807) is 19.1 Å². The van der Waals surface area contributed by atoms with E-state index < -0.39 is 12.0 Å². The molecule has 16 heavy (non-hydrogen) atoms. The molecule has 0 aliphatic heterocycles. The normalized spacial score (nSPS) is 12.5. The van der Waals surface area contributed by atoms with Gasteiger partial charge in [0.15, 0.2) is 0 Å². The average Bonchev–Trinajstić information content (AvgIpc) is 2.19. The molecule has 0 saturated heterocycles. The van der Waals surface area contributed by atoms with Gasteiger partial charge in [0.05, 0.1) is 0 Å². The van der Waals surface area contributed by atoms with Crippen LogP contribution in [0.2, 0.25) is 0 Å². The van der Waals surface area contributed by atoms with E-state index in [1.165, 1.54) is 0 Å². The van der Waals surface area contributed by atoms with E-state index in [9.17, 15) is 9.18 Å². The van der Waals surface area contributed by atoms with Gasteiger partial charge in [-0.05, 0) is 25.8 Å². The minimum atomic E-state index is -0.916. The second-order valence-corrected chi connectivity index (χ2v) is 4.02. The number of benzene rings is 1. The fraction of sp³-hybridized carbons (Fsp3) is 0.417. The first kappa shape index (κ1) is 12.6. The van der Waals surface area contributed by atoms with Gasteiger partial charge in [0.25, 0.3) is 0 Å². The van der Waals surface area contributed by atoms with Gasteiger partial charge in [-0.25, -0.2) is 4.39 Å². The van der Waals surface area contributed by atoms with E-state index in [2.05, 4.69) is 0 Å². The zero-order chi connectivity index (χ0) is 12.3. The molecule has 4 heteroatoms. The Morgan fingerprint density at radius 2 is 2.12 bits per heavy atom.